The van der Waals surface area contributed by atoms with E-state index in [1.807, 2.05) is 0 Å². The lowest BCUT2D eigenvalue weighted by molar-refractivity contribution is -0.122. The van der Waals surface area contributed by atoms with E-state index in [0.717, 1.165) is 37.5 Å². The molecule has 0 aromatic heterocycles. The van der Waals surface area contributed by atoms with Crippen LogP contribution in [0.3, 0.4) is 0 Å². The molecule has 4 nitrogen and oxygen atoms in total. The van der Waals surface area contributed by atoms with Crippen molar-refractivity contribution in [2.45, 2.75) is 19.3 Å². The van der Waals surface area contributed by atoms with Crippen LogP contribution in [0, 0.1) is 11.7 Å². The first kappa shape index (κ1) is 11.6. The molecule has 1 saturated carbocycles. The highest BCUT2D eigenvalue weighted by atomic mass is 19.1. The van der Waals surface area contributed by atoms with E-state index in [0.29, 0.717) is 0 Å². The topological polar surface area (TPSA) is 66.4 Å². The lowest BCUT2D eigenvalue weighted by Gasteiger charge is -2.24. The summed E-state index contributed by atoms with van der Waals surface area (Å²) >= 11 is 0. The minimum absolute atomic E-state index is 0.0226. The SMILES string of the molecule is O=C(O)c1ccc(F)cc1NC(=O)C1CCC1. The fraction of sp³-hybridized carbons (Fsp3) is 0.333. The van der Waals surface area contributed by atoms with Gasteiger partial charge in [0.15, 0.2) is 0 Å². The van der Waals surface area contributed by atoms with E-state index in [2.05, 4.69) is 5.32 Å². The van der Waals surface area contributed by atoms with Crippen molar-refractivity contribution in [2.24, 2.45) is 5.92 Å². The lowest BCUT2D eigenvalue weighted by atomic mass is 9.85. The Bertz CT molecular complexity index is 469. The van der Waals surface area contributed by atoms with Gasteiger partial charge >= 0.3 is 5.97 Å². The number of anilines is 1. The Labute approximate surface area is 97.4 Å². The normalized spacial score (nSPS) is 15.1. The number of aromatic carboxylic acids is 1. The molecule has 1 fully saturated rings. The highest BCUT2D eigenvalue weighted by Crippen LogP contribution is 2.28. The van der Waals surface area contributed by atoms with Gasteiger partial charge in [-0.3, -0.25) is 4.79 Å². The predicted octanol–water partition coefficient (Wildman–Crippen LogP) is 2.26. The quantitative estimate of drug-likeness (QED) is 0.847. The highest BCUT2D eigenvalue weighted by molar-refractivity contribution is 6.01. The summed E-state index contributed by atoms with van der Waals surface area (Å²) < 4.78 is 13.0. The van der Waals surface area contributed by atoms with Gasteiger partial charge < -0.3 is 10.4 Å². The second kappa shape index (κ2) is 4.53. The molecule has 5 heteroatoms. The van der Waals surface area contributed by atoms with Crippen molar-refractivity contribution < 1.29 is 19.1 Å². The van der Waals surface area contributed by atoms with Crippen LogP contribution < -0.4 is 5.32 Å². The van der Waals surface area contributed by atoms with Crippen molar-refractivity contribution in [3.05, 3.63) is 29.6 Å². The van der Waals surface area contributed by atoms with Gasteiger partial charge in [0.2, 0.25) is 5.91 Å². The smallest absolute Gasteiger partial charge is 0.337 e. The Morgan fingerprint density at radius 2 is 2.06 bits per heavy atom. The molecule has 0 radical (unpaired) electrons. The molecule has 1 aromatic rings. The zero-order valence-electron chi connectivity index (χ0n) is 9.07. The van der Waals surface area contributed by atoms with Gasteiger partial charge in [-0.05, 0) is 31.0 Å². The number of rotatable bonds is 3. The van der Waals surface area contributed by atoms with E-state index in [4.69, 9.17) is 5.11 Å². The molecule has 90 valence electrons. The number of benzene rings is 1. The van der Waals surface area contributed by atoms with Gasteiger partial charge in [-0.15, -0.1) is 0 Å². The summed E-state index contributed by atoms with van der Waals surface area (Å²) in [6, 6.07) is 3.23. The number of carboxylic acid groups (broad SMARTS) is 1. The van der Waals surface area contributed by atoms with Gasteiger partial charge in [-0.2, -0.15) is 0 Å². The maximum atomic E-state index is 13.0. The number of halogens is 1. The summed E-state index contributed by atoms with van der Waals surface area (Å²) in [6.45, 7) is 0. The number of carboxylic acids is 1. The Morgan fingerprint density at radius 1 is 1.35 bits per heavy atom. The molecular weight excluding hydrogens is 225 g/mol. The van der Waals surface area contributed by atoms with Crippen LogP contribution in [0.25, 0.3) is 0 Å². The fourth-order valence-corrected chi connectivity index (χ4v) is 1.71. The first-order chi connectivity index (χ1) is 8.08. The first-order valence-corrected chi connectivity index (χ1v) is 5.41. The molecule has 0 saturated heterocycles. The average molecular weight is 237 g/mol. The maximum absolute atomic E-state index is 13.0. The molecule has 2 rings (SSSR count). The van der Waals surface area contributed by atoms with Crippen molar-refractivity contribution in [3.63, 3.8) is 0 Å². The number of hydrogen-bond donors (Lipinski definition) is 2. The molecule has 0 atom stereocenters. The van der Waals surface area contributed by atoms with Crippen molar-refractivity contribution >= 4 is 17.6 Å². The van der Waals surface area contributed by atoms with Gasteiger partial charge in [0.25, 0.3) is 0 Å². The first-order valence-electron chi connectivity index (χ1n) is 5.41. The summed E-state index contributed by atoms with van der Waals surface area (Å²) in [5.41, 5.74) is -0.0755. The second-order valence-corrected chi connectivity index (χ2v) is 4.11. The van der Waals surface area contributed by atoms with Crippen LogP contribution in [0.1, 0.15) is 29.6 Å². The van der Waals surface area contributed by atoms with Crippen LogP contribution in [-0.2, 0) is 4.79 Å². The van der Waals surface area contributed by atoms with Gasteiger partial charge in [-0.25, -0.2) is 9.18 Å². The molecule has 1 aliphatic carbocycles. The van der Waals surface area contributed by atoms with Crippen LogP contribution >= 0.6 is 0 Å². The Morgan fingerprint density at radius 3 is 2.59 bits per heavy atom. The van der Waals surface area contributed by atoms with E-state index < -0.39 is 11.8 Å². The molecule has 0 unspecified atom stereocenters. The lowest BCUT2D eigenvalue weighted by Crippen LogP contribution is -2.28. The zero-order valence-corrected chi connectivity index (χ0v) is 9.07. The number of amides is 1. The molecule has 0 aliphatic heterocycles. The molecular formula is C12H12FNO3. The van der Waals surface area contributed by atoms with Crippen LogP contribution in [0.5, 0.6) is 0 Å². The third kappa shape index (κ3) is 2.43. The molecule has 0 spiro atoms. The molecule has 1 aromatic carbocycles. The Hall–Kier alpha value is -1.91. The third-order valence-electron chi connectivity index (χ3n) is 2.95. The molecule has 2 N–H and O–H groups in total. The van der Waals surface area contributed by atoms with Crippen LogP contribution in [0.4, 0.5) is 10.1 Å². The fourth-order valence-electron chi connectivity index (χ4n) is 1.71. The molecule has 1 aliphatic rings. The van der Waals surface area contributed by atoms with Gasteiger partial charge in [-0.1, -0.05) is 6.42 Å². The average Bonchev–Trinajstić information content (AvgIpc) is 2.13. The summed E-state index contributed by atoms with van der Waals surface area (Å²) in [4.78, 5) is 22.5. The van der Waals surface area contributed by atoms with E-state index >= 15 is 0 Å². The van der Waals surface area contributed by atoms with E-state index in [-0.39, 0.29) is 23.1 Å². The number of hydrogen-bond acceptors (Lipinski definition) is 2. The Kier molecular flexibility index (Phi) is 3.08. The predicted molar refractivity (Wildman–Crippen MR) is 59.3 cm³/mol. The van der Waals surface area contributed by atoms with Gasteiger partial charge in [0, 0.05) is 5.92 Å². The van der Waals surface area contributed by atoms with Crippen LogP contribution in [0.15, 0.2) is 18.2 Å². The molecule has 17 heavy (non-hydrogen) atoms. The monoisotopic (exact) mass is 237 g/mol. The van der Waals surface area contributed by atoms with Gasteiger partial charge in [0.1, 0.15) is 5.82 Å². The second-order valence-electron chi connectivity index (χ2n) is 4.11. The van der Waals surface area contributed by atoms with E-state index in [9.17, 15) is 14.0 Å². The van der Waals surface area contributed by atoms with E-state index in [1.54, 1.807) is 0 Å². The molecule has 1 amide bonds. The van der Waals surface area contributed by atoms with Crippen molar-refractivity contribution in [3.8, 4) is 0 Å². The number of nitrogens with one attached hydrogen (secondary N) is 1. The molecule has 0 heterocycles. The minimum atomic E-state index is -1.19. The Balaban J connectivity index is 2.20. The highest BCUT2D eigenvalue weighted by Gasteiger charge is 2.26. The maximum Gasteiger partial charge on any atom is 0.337 e. The van der Waals surface area contributed by atoms with Crippen molar-refractivity contribution in [1.29, 1.82) is 0 Å². The van der Waals surface area contributed by atoms with Gasteiger partial charge in [0.05, 0.1) is 11.3 Å². The van der Waals surface area contributed by atoms with Crippen LogP contribution in [-0.4, -0.2) is 17.0 Å². The summed E-state index contributed by atoms with van der Waals surface area (Å²) in [7, 11) is 0. The number of carbonyl (C=O) groups excluding carboxylic acids is 1. The minimum Gasteiger partial charge on any atom is -0.478 e. The van der Waals surface area contributed by atoms with Crippen molar-refractivity contribution in [1.82, 2.24) is 0 Å². The summed E-state index contributed by atoms with van der Waals surface area (Å²) in [6.07, 6.45) is 2.63. The molecule has 0 bridgehead atoms. The number of carbonyl (C=O) groups is 2. The zero-order chi connectivity index (χ0) is 12.4. The van der Waals surface area contributed by atoms with Crippen molar-refractivity contribution in [2.75, 3.05) is 5.32 Å². The standard InChI is InChI=1S/C12H12FNO3/c13-8-4-5-9(12(16)17)10(6-8)14-11(15)7-2-1-3-7/h4-7H,1-3H2,(H,14,15)(H,16,17). The summed E-state index contributed by atoms with van der Waals surface area (Å²) in [5.74, 6) is -2.06. The third-order valence-corrected chi connectivity index (χ3v) is 2.95. The largest absolute Gasteiger partial charge is 0.478 e. The van der Waals surface area contributed by atoms with E-state index in [1.165, 1.54) is 0 Å². The van der Waals surface area contributed by atoms with Crippen LogP contribution in [0.2, 0.25) is 0 Å². The summed E-state index contributed by atoms with van der Waals surface area (Å²) in [5, 5.41) is 11.4.